The lowest BCUT2D eigenvalue weighted by molar-refractivity contribution is -0.159. The standard InChI is InChI=1S/C25H41NO5Si/c1-7-29-22(27)25(14-11-19-31-32(5,6)24(2,3)4)15-17-26(18-16-25)23(28)30-20-21-12-9-8-10-13-21/h8-10,12-13H,7,11,14-20H2,1-6H3. The van der Waals surface area contributed by atoms with Crippen LogP contribution in [0.5, 0.6) is 0 Å². The van der Waals surface area contributed by atoms with Crippen molar-refractivity contribution >= 4 is 20.4 Å². The van der Waals surface area contributed by atoms with Gasteiger partial charge in [0.15, 0.2) is 8.32 Å². The Kier molecular flexibility index (Phi) is 9.34. The second kappa shape index (κ2) is 11.3. The summed E-state index contributed by atoms with van der Waals surface area (Å²) in [6.45, 7) is 15.3. The van der Waals surface area contributed by atoms with E-state index < -0.39 is 13.7 Å². The number of hydrogen-bond acceptors (Lipinski definition) is 5. The van der Waals surface area contributed by atoms with Crippen molar-refractivity contribution in [2.45, 2.75) is 78.1 Å². The van der Waals surface area contributed by atoms with E-state index in [9.17, 15) is 9.59 Å². The van der Waals surface area contributed by atoms with Gasteiger partial charge in [-0.2, -0.15) is 0 Å². The summed E-state index contributed by atoms with van der Waals surface area (Å²) in [4.78, 5) is 27.1. The minimum absolute atomic E-state index is 0.148. The Morgan fingerprint density at radius 3 is 2.25 bits per heavy atom. The highest BCUT2D eigenvalue weighted by Crippen LogP contribution is 2.39. The first-order valence-corrected chi connectivity index (χ1v) is 14.7. The molecule has 1 fully saturated rings. The highest BCUT2D eigenvalue weighted by Gasteiger charge is 2.44. The molecule has 1 aliphatic rings. The summed E-state index contributed by atoms with van der Waals surface area (Å²) in [6.07, 6.45) is 2.38. The molecule has 1 heterocycles. The van der Waals surface area contributed by atoms with Crippen LogP contribution < -0.4 is 0 Å². The third-order valence-corrected chi connectivity index (χ3v) is 11.5. The zero-order valence-electron chi connectivity index (χ0n) is 20.7. The summed E-state index contributed by atoms with van der Waals surface area (Å²) in [5.74, 6) is -0.148. The molecule has 1 aromatic rings. The number of benzene rings is 1. The van der Waals surface area contributed by atoms with Crippen LogP contribution in [-0.4, -0.2) is 51.6 Å². The molecule has 0 aliphatic carbocycles. The molecule has 0 atom stereocenters. The maximum atomic E-state index is 12.9. The molecule has 0 unspecified atom stereocenters. The van der Waals surface area contributed by atoms with Gasteiger partial charge >= 0.3 is 12.1 Å². The maximum absolute atomic E-state index is 12.9. The summed E-state index contributed by atoms with van der Waals surface area (Å²) in [7, 11) is -1.81. The SMILES string of the molecule is CCOC(=O)C1(CCCO[Si](C)(C)C(C)(C)C)CCN(C(=O)OCc2ccccc2)CC1. The van der Waals surface area contributed by atoms with E-state index >= 15 is 0 Å². The lowest BCUT2D eigenvalue weighted by Crippen LogP contribution is -2.47. The number of ether oxygens (including phenoxy) is 2. The predicted octanol–water partition coefficient (Wildman–Crippen LogP) is 5.77. The Hall–Kier alpha value is -1.86. The Labute approximate surface area is 194 Å². The van der Waals surface area contributed by atoms with Crippen molar-refractivity contribution < 1.29 is 23.5 Å². The van der Waals surface area contributed by atoms with Gasteiger partial charge in [0.05, 0.1) is 12.0 Å². The Morgan fingerprint density at radius 1 is 1.06 bits per heavy atom. The minimum atomic E-state index is -1.81. The molecule has 1 aliphatic heterocycles. The summed E-state index contributed by atoms with van der Waals surface area (Å²) in [6, 6.07) is 9.64. The van der Waals surface area contributed by atoms with Gasteiger partial charge in [-0.1, -0.05) is 51.1 Å². The fourth-order valence-corrected chi connectivity index (χ4v) is 4.81. The molecule has 1 amide bonds. The second-order valence-electron chi connectivity index (χ2n) is 10.2. The topological polar surface area (TPSA) is 65.1 Å². The van der Waals surface area contributed by atoms with E-state index in [1.807, 2.05) is 37.3 Å². The summed E-state index contributed by atoms with van der Waals surface area (Å²) in [5.41, 5.74) is 0.406. The second-order valence-corrected chi connectivity index (χ2v) is 15.0. The van der Waals surface area contributed by atoms with E-state index in [0.29, 0.717) is 45.6 Å². The smallest absolute Gasteiger partial charge is 0.410 e. The zero-order chi connectivity index (χ0) is 23.8. The number of piperidine rings is 1. The van der Waals surface area contributed by atoms with Crippen LogP contribution in [0.1, 0.15) is 58.9 Å². The zero-order valence-corrected chi connectivity index (χ0v) is 21.7. The van der Waals surface area contributed by atoms with Gasteiger partial charge in [0.2, 0.25) is 0 Å². The summed E-state index contributed by atoms with van der Waals surface area (Å²) >= 11 is 0. The fraction of sp³-hybridized carbons (Fsp3) is 0.680. The van der Waals surface area contributed by atoms with Crippen molar-refractivity contribution in [3.05, 3.63) is 35.9 Å². The molecule has 180 valence electrons. The molecular weight excluding hydrogens is 422 g/mol. The van der Waals surface area contributed by atoms with Crippen molar-refractivity contribution in [3.8, 4) is 0 Å². The van der Waals surface area contributed by atoms with Crippen LogP contribution in [0.4, 0.5) is 4.79 Å². The van der Waals surface area contributed by atoms with Gasteiger partial charge in [0.1, 0.15) is 6.61 Å². The van der Waals surface area contributed by atoms with E-state index in [1.54, 1.807) is 4.90 Å². The third-order valence-electron chi connectivity index (χ3n) is 6.96. The number of nitrogens with zero attached hydrogens (tertiary/aromatic N) is 1. The van der Waals surface area contributed by atoms with E-state index in [1.165, 1.54) is 0 Å². The first kappa shape index (κ1) is 26.4. The number of amides is 1. The number of hydrogen-bond donors (Lipinski definition) is 0. The lowest BCUT2D eigenvalue weighted by Gasteiger charge is -2.40. The molecule has 0 spiro atoms. The average Bonchev–Trinajstić information content (AvgIpc) is 2.75. The van der Waals surface area contributed by atoms with Gasteiger partial charge in [-0.3, -0.25) is 4.79 Å². The van der Waals surface area contributed by atoms with Gasteiger partial charge < -0.3 is 18.8 Å². The lowest BCUT2D eigenvalue weighted by atomic mass is 9.75. The van der Waals surface area contributed by atoms with Gasteiger partial charge in [-0.25, -0.2) is 4.79 Å². The molecule has 7 heteroatoms. The third kappa shape index (κ3) is 7.07. The van der Waals surface area contributed by atoms with Crippen LogP contribution in [0, 0.1) is 5.41 Å². The molecule has 0 saturated carbocycles. The van der Waals surface area contributed by atoms with Gasteiger partial charge in [-0.15, -0.1) is 0 Å². The van der Waals surface area contributed by atoms with Crippen LogP contribution in [0.15, 0.2) is 30.3 Å². The monoisotopic (exact) mass is 463 g/mol. The van der Waals surface area contributed by atoms with E-state index in [4.69, 9.17) is 13.9 Å². The molecule has 0 aromatic heterocycles. The van der Waals surface area contributed by atoms with Crippen LogP contribution in [0.3, 0.4) is 0 Å². The number of carbonyl (C=O) groups is 2. The van der Waals surface area contributed by atoms with Gasteiger partial charge in [-0.05, 0) is 56.3 Å². The first-order chi connectivity index (χ1) is 15.0. The molecule has 0 N–H and O–H groups in total. The fourth-order valence-electron chi connectivity index (χ4n) is 3.72. The molecule has 1 saturated heterocycles. The predicted molar refractivity (Wildman–Crippen MR) is 129 cm³/mol. The molecule has 0 radical (unpaired) electrons. The molecular formula is C25H41NO5Si. The number of esters is 1. The Balaban J connectivity index is 1.90. The molecule has 2 rings (SSSR count). The van der Waals surface area contributed by atoms with Crippen LogP contribution in [0.2, 0.25) is 18.1 Å². The highest BCUT2D eigenvalue weighted by molar-refractivity contribution is 6.74. The summed E-state index contributed by atoms with van der Waals surface area (Å²) in [5, 5.41) is 0.164. The number of likely N-dealkylation sites (tertiary alicyclic amines) is 1. The number of carbonyl (C=O) groups excluding carboxylic acids is 2. The van der Waals surface area contributed by atoms with Gasteiger partial charge in [0, 0.05) is 19.7 Å². The first-order valence-electron chi connectivity index (χ1n) is 11.8. The summed E-state index contributed by atoms with van der Waals surface area (Å²) < 4.78 is 17.2. The molecule has 0 bridgehead atoms. The van der Waals surface area contributed by atoms with Crippen LogP contribution in [-0.2, 0) is 25.3 Å². The quantitative estimate of drug-likeness (QED) is 0.264. The Bertz CT molecular complexity index is 736. The van der Waals surface area contributed by atoms with Crippen molar-refractivity contribution in [1.29, 1.82) is 0 Å². The molecule has 32 heavy (non-hydrogen) atoms. The molecule has 6 nitrogen and oxygen atoms in total. The van der Waals surface area contributed by atoms with E-state index in [-0.39, 0.29) is 23.7 Å². The average molecular weight is 464 g/mol. The normalized spacial score (nSPS) is 16.5. The van der Waals surface area contributed by atoms with Gasteiger partial charge in [0.25, 0.3) is 0 Å². The highest BCUT2D eigenvalue weighted by atomic mass is 28.4. The number of rotatable bonds is 9. The minimum Gasteiger partial charge on any atom is -0.466 e. The Morgan fingerprint density at radius 2 is 1.69 bits per heavy atom. The van der Waals surface area contributed by atoms with Crippen molar-refractivity contribution in [3.63, 3.8) is 0 Å². The van der Waals surface area contributed by atoms with Crippen molar-refractivity contribution in [2.24, 2.45) is 5.41 Å². The largest absolute Gasteiger partial charge is 0.466 e. The van der Waals surface area contributed by atoms with E-state index in [2.05, 4.69) is 33.9 Å². The van der Waals surface area contributed by atoms with Crippen molar-refractivity contribution in [1.82, 2.24) is 4.90 Å². The molecule has 1 aromatic carbocycles. The van der Waals surface area contributed by atoms with Crippen molar-refractivity contribution in [2.75, 3.05) is 26.3 Å². The van der Waals surface area contributed by atoms with E-state index in [0.717, 1.165) is 12.0 Å². The van der Waals surface area contributed by atoms with Crippen LogP contribution >= 0.6 is 0 Å². The maximum Gasteiger partial charge on any atom is 0.410 e. The van der Waals surface area contributed by atoms with Crippen LogP contribution in [0.25, 0.3) is 0 Å².